The first-order chi connectivity index (χ1) is 4.91. The molecule has 0 amide bonds. The Morgan fingerprint density at radius 2 is 1.10 bits per heavy atom. The van der Waals surface area contributed by atoms with E-state index >= 15 is 0 Å². The van der Waals surface area contributed by atoms with Crippen molar-refractivity contribution in [3.63, 3.8) is 0 Å². The number of rotatable bonds is 0. The van der Waals surface area contributed by atoms with E-state index in [1.165, 1.54) is 0 Å². The van der Waals surface area contributed by atoms with Crippen LogP contribution in [-0.4, -0.2) is 26.2 Å². The summed E-state index contributed by atoms with van der Waals surface area (Å²) in [7, 11) is 0. The molecule has 0 aromatic rings. The first-order valence-electron chi connectivity index (χ1n) is 3.90. The minimum absolute atomic E-state index is 1.14. The van der Waals surface area contributed by atoms with E-state index in [1.807, 2.05) is 26.0 Å². The van der Waals surface area contributed by atoms with Crippen LogP contribution in [0.2, 0.25) is 0 Å². The van der Waals surface area contributed by atoms with Crippen molar-refractivity contribution in [2.75, 3.05) is 26.2 Å². The predicted molar refractivity (Wildman–Crippen MR) is 46.2 cm³/mol. The zero-order valence-corrected chi connectivity index (χ0v) is 6.98. The molecule has 1 saturated heterocycles. The normalized spacial score (nSPS) is 18.2. The maximum absolute atomic E-state index is 3.22. The molecule has 0 atom stereocenters. The van der Waals surface area contributed by atoms with Crippen LogP contribution in [0.3, 0.4) is 0 Å². The molecule has 0 saturated carbocycles. The summed E-state index contributed by atoms with van der Waals surface area (Å²) in [4.78, 5) is 0. The summed E-state index contributed by atoms with van der Waals surface area (Å²) >= 11 is 0. The van der Waals surface area contributed by atoms with Gasteiger partial charge in [0.25, 0.3) is 0 Å². The lowest BCUT2D eigenvalue weighted by atomic mass is 10.4. The quantitative estimate of drug-likeness (QED) is 0.488. The van der Waals surface area contributed by atoms with Crippen molar-refractivity contribution >= 4 is 0 Å². The van der Waals surface area contributed by atoms with E-state index in [0.29, 0.717) is 0 Å². The van der Waals surface area contributed by atoms with Crippen LogP contribution in [0.25, 0.3) is 0 Å². The van der Waals surface area contributed by atoms with Crippen LogP contribution in [-0.2, 0) is 0 Å². The van der Waals surface area contributed by atoms with Gasteiger partial charge in [0.15, 0.2) is 0 Å². The van der Waals surface area contributed by atoms with E-state index in [-0.39, 0.29) is 0 Å². The number of hydrogen-bond acceptors (Lipinski definition) is 2. The van der Waals surface area contributed by atoms with Crippen molar-refractivity contribution < 1.29 is 0 Å². The second-order valence-corrected chi connectivity index (χ2v) is 2.17. The van der Waals surface area contributed by atoms with Gasteiger partial charge in [-0.15, -0.1) is 0 Å². The van der Waals surface area contributed by atoms with Gasteiger partial charge in [-0.3, -0.25) is 0 Å². The standard InChI is InChI=1S/C4H10N2.C4H8/c1-2-6-4-3-5-1;1-3-4-2/h5-6H,1-4H2;3-4H,1-2H3. The van der Waals surface area contributed by atoms with Crippen LogP contribution in [0, 0.1) is 0 Å². The Morgan fingerprint density at radius 1 is 0.800 bits per heavy atom. The topological polar surface area (TPSA) is 24.1 Å². The van der Waals surface area contributed by atoms with Gasteiger partial charge in [-0.1, -0.05) is 12.2 Å². The molecule has 1 aliphatic heterocycles. The summed E-state index contributed by atoms with van der Waals surface area (Å²) < 4.78 is 0. The molecule has 2 heteroatoms. The van der Waals surface area contributed by atoms with E-state index in [1.54, 1.807) is 0 Å². The molecule has 1 aliphatic rings. The minimum atomic E-state index is 1.14. The lowest BCUT2D eigenvalue weighted by Gasteiger charge is -2.11. The van der Waals surface area contributed by atoms with Gasteiger partial charge < -0.3 is 10.6 Å². The molecule has 1 rings (SSSR count). The third kappa shape index (κ3) is 7.66. The maximum atomic E-state index is 3.22. The fourth-order valence-electron chi connectivity index (χ4n) is 0.604. The van der Waals surface area contributed by atoms with Crippen LogP contribution < -0.4 is 10.6 Å². The van der Waals surface area contributed by atoms with Crippen molar-refractivity contribution in [3.8, 4) is 0 Å². The summed E-state index contributed by atoms with van der Waals surface area (Å²) in [6, 6.07) is 0. The van der Waals surface area contributed by atoms with Gasteiger partial charge in [0.05, 0.1) is 0 Å². The lowest BCUT2D eigenvalue weighted by molar-refractivity contribution is 0.534. The monoisotopic (exact) mass is 142 g/mol. The largest absolute Gasteiger partial charge is 0.314 e. The molecular weight excluding hydrogens is 124 g/mol. The van der Waals surface area contributed by atoms with Crippen LogP contribution >= 0.6 is 0 Å². The Balaban J connectivity index is 0.000000180. The second-order valence-electron chi connectivity index (χ2n) is 2.17. The maximum Gasteiger partial charge on any atom is 0.00772 e. The highest BCUT2D eigenvalue weighted by atomic mass is 15.0. The number of piperazine rings is 1. The van der Waals surface area contributed by atoms with Crippen molar-refractivity contribution in [2.45, 2.75) is 13.8 Å². The third-order valence-corrected chi connectivity index (χ3v) is 1.29. The Kier molecular flexibility index (Phi) is 8.37. The molecule has 1 fully saturated rings. The molecular formula is C8H18N2. The molecule has 10 heavy (non-hydrogen) atoms. The van der Waals surface area contributed by atoms with Gasteiger partial charge in [-0.25, -0.2) is 0 Å². The van der Waals surface area contributed by atoms with Crippen molar-refractivity contribution in [2.24, 2.45) is 0 Å². The highest BCUT2D eigenvalue weighted by Crippen LogP contribution is 1.65. The van der Waals surface area contributed by atoms with E-state index in [0.717, 1.165) is 26.2 Å². The first kappa shape index (κ1) is 9.66. The van der Waals surface area contributed by atoms with Crippen molar-refractivity contribution in [3.05, 3.63) is 12.2 Å². The third-order valence-electron chi connectivity index (χ3n) is 1.29. The average Bonchev–Trinajstić information content (AvgIpc) is 2.08. The van der Waals surface area contributed by atoms with Gasteiger partial charge in [-0.05, 0) is 13.8 Å². The van der Waals surface area contributed by atoms with Crippen molar-refractivity contribution in [1.82, 2.24) is 10.6 Å². The van der Waals surface area contributed by atoms with Gasteiger partial charge in [0.1, 0.15) is 0 Å². The second kappa shape index (κ2) is 8.66. The van der Waals surface area contributed by atoms with Gasteiger partial charge in [0, 0.05) is 26.2 Å². The molecule has 0 radical (unpaired) electrons. The molecule has 0 aromatic heterocycles. The minimum Gasteiger partial charge on any atom is -0.314 e. The molecule has 0 aromatic carbocycles. The molecule has 60 valence electrons. The summed E-state index contributed by atoms with van der Waals surface area (Å²) in [6.07, 6.45) is 4.00. The smallest absolute Gasteiger partial charge is 0.00772 e. The zero-order chi connectivity index (χ0) is 7.66. The SMILES string of the molecule is C1CNCCN1.CC=CC. The summed E-state index contributed by atoms with van der Waals surface area (Å²) in [6.45, 7) is 8.56. The Hall–Kier alpha value is -0.340. The van der Waals surface area contributed by atoms with Crippen molar-refractivity contribution in [1.29, 1.82) is 0 Å². The highest BCUT2D eigenvalue weighted by molar-refractivity contribution is 4.68. The van der Waals surface area contributed by atoms with Crippen LogP contribution in [0.5, 0.6) is 0 Å². The summed E-state index contributed by atoms with van der Waals surface area (Å²) in [5.74, 6) is 0. The van der Waals surface area contributed by atoms with Gasteiger partial charge >= 0.3 is 0 Å². The molecule has 0 unspecified atom stereocenters. The van der Waals surface area contributed by atoms with E-state index in [9.17, 15) is 0 Å². The Bertz CT molecular complexity index is 59.8. The first-order valence-corrected chi connectivity index (χ1v) is 3.90. The average molecular weight is 142 g/mol. The molecule has 0 bridgehead atoms. The van der Waals surface area contributed by atoms with Gasteiger partial charge in [-0.2, -0.15) is 0 Å². The van der Waals surface area contributed by atoms with E-state index < -0.39 is 0 Å². The molecule has 0 aliphatic carbocycles. The lowest BCUT2D eigenvalue weighted by Crippen LogP contribution is -2.39. The van der Waals surface area contributed by atoms with Crippen LogP contribution in [0.4, 0.5) is 0 Å². The molecule has 2 nitrogen and oxygen atoms in total. The number of allylic oxidation sites excluding steroid dienone is 2. The van der Waals surface area contributed by atoms with E-state index in [4.69, 9.17) is 0 Å². The Labute approximate surface area is 63.7 Å². The van der Waals surface area contributed by atoms with E-state index in [2.05, 4.69) is 10.6 Å². The highest BCUT2D eigenvalue weighted by Gasteiger charge is 1.91. The van der Waals surface area contributed by atoms with Crippen LogP contribution in [0.15, 0.2) is 12.2 Å². The zero-order valence-electron chi connectivity index (χ0n) is 6.98. The number of nitrogens with one attached hydrogen (secondary N) is 2. The Morgan fingerprint density at radius 3 is 1.20 bits per heavy atom. The number of hydrogen-bond donors (Lipinski definition) is 2. The molecule has 1 heterocycles. The molecule has 2 N–H and O–H groups in total. The summed E-state index contributed by atoms with van der Waals surface area (Å²) in [5, 5.41) is 6.44. The van der Waals surface area contributed by atoms with Gasteiger partial charge in [0.2, 0.25) is 0 Å². The summed E-state index contributed by atoms with van der Waals surface area (Å²) in [5.41, 5.74) is 0. The molecule has 0 spiro atoms. The fraction of sp³-hybridized carbons (Fsp3) is 0.750. The fourth-order valence-corrected chi connectivity index (χ4v) is 0.604. The predicted octanol–water partition coefficient (Wildman–Crippen LogP) is 0.762. The van der Waals surface area contributed by atoms with Crippen LogP contribution in [0.1, 0.15) is 13.8 Å².